The summed E-state index contributed by atoms with van der Waals surface area (Å²) in [6, 6.07) is 6.62. The van der Waals surface area contributed by atoms with E-state index in [0.29, 0.717) is 17.9 Å². The first-order valence-electron chi connectivity index (χ1n) is 6.02. The van der Waals surface area contributed by atoms with Crippen molar-refractivity contribution >= 4 is 10.0 Å². The molecule has 0 aliphatic carbocycles. The summed E-state index contributed by atoms with van der Waals surface area (Å²) in [6.07, 6.45) is 0. The number of nitrogens with one attached hydrogen (secondary N) is 2. The van der Waals surface area contributed by atoms with Crippen LogP contribution in [0.15, 0.2) is 24.3 Å². The average molecular weight is 296 g/mol. The van der Waals surface area contributed by atoms with Crippen molar-refractivity contribution in [2.24, 2.45) is 5.73 Å². The van der Waals surface area contributed by atoms with Gasteiger partial charge >= 0.3 is 0 Å². The maximum absolute atomic E-state index is 12.1. The minimum atomic E-state index is -3.52. The molecule has 0 aliphatic heterocycles. The van der Waals surface area contributed by atoms with Crippen LogP contribution in [0, 0.1) is 0 Å². The molecule has 1 unspecified atom stereocenters. The lowest BCUT2D eigenvalue weighted by molar-refractivity contribution is 0.559. The number of aromatic nitrogens is 4. The molecule has 9 heteroatoms. The van der Waals surface area contributed by atoms with E-state index in [4.69, 9.17) is 5.73 Å². The summed E-state index contributed by atoms with van der Waals surface area (Å²) in [4.78, 5) is 0. The highest BCUT2D eigenvalue weighted by molar-refractivity contribution is 7.88. The maximum Gasteiger partial charge on any atom is 0.216 e. The zero-order chi connectivity index (χ0) is 14.6. The molecule has 0 aliphatic rings. The largest absolute Gasteiger partial charge is 0.326 e. The lowest BCUT2D eigenvalue weighted by Crippen LogP contribution is -2.29. The third-order valence-electron chi connectivity index (χ3n) is 2.79. The Hall–Kier alpha value is -1.84. The molecule has 2 rings (SSSR count). The highest BCUT2D eigenvalue weighted by atomic mass is 32.2. The molecule has 1 aromatic heterocycles. The molecule has 2 aromatic rings. The van der Waals surface area contributed by atoms with E-state index in [2.05, 4.69) is 25.3 Å². The summed E-state index contributed by atoms with van der Waals surface area (Å²) in [6.45, 7) is 1.95. The number of aromatic amines is 1. The van der Waals surface area contributed by atoms with Gasteiger partial charge in [-0.1, -0.05) is 29.5 Å². The van der Waals surface area contributed by atoms with Gasteiger partial charge in [-0.3, -0.25) is 0 Å². The molecule has 0 fully saturated rings. The number of sulfonamides is 1. The van der Waals surface area contributed by atoms with Gasteiger partial charge in [0, 0.05) is 6.54 Å². The van der Waals surface area contributed by atoms with E-state index >= 15 is 0 Å². The summed E-state index contributed by atoms with van der Waals surface area (Å²) in [5.41, 5.74) is 7.09. The maximum atomic E-state index is 12.1. The van der Waals surface area contributed by atoms with E-state index in [-0.39, 0.29) is 5.75 Å². The highest BCUT2D eigenvalue weighted by Gasteiger charge is 2.20. The Morgan fingerprint density at radius 2 is 2.05 bits per heavy atom. The van der Waals surface area contributed by atoms with Gasteiger partial charge in [-0.25, -0.2) is 13.1 Å². The van der Waals surface area contributed by atoms with Crippen LogP contribution in [0.4, 0.5) is 0 Å². The Bertz CT molecular complexity index is 655. The molecule has 0 saturated heterocycles. The standard InChI is InChI=1S/C11H16N6O2S/c1-8(11-13-16-17-14-11)15-20(18,19)7-10-5-3-2-4-9(10)6-12/h2-5,8,15H,6-7,12H2,1H3,(H,13,14,16,17). The van der Waals surface area contributed by atoms with Crippen molar-refractivity contribution in [3.8, 4) is 0 Å². The molecule has 1 atom stereocenters. The van der Waals surface area contributed by atoms with E-state index in [9.17, 15) is 8.42 Å². The number of rotatable bonds is 6. The molecule has 20 heavy (non-hydrogen) atoms. The van der Waals surface area contributed by atoms with Crippen LogP contribution in [0.1, 0.15) is 29.9 Å². The van der Waals surface area contributed by atoms with E-state index < -0.39 is 16.1 Å². The Morgan fingerprint density at radius 3 is 2.65 bits per heavy atom. The normalized spacial score (nSPS) is 13.3. The fourth-order valence-electron chi connectivity index (χ4n) is 1.82. The molecule has 0 amide bonds. The number of benzene rings is 1. The molecule has 0 saturated carbocycles. The van der Waals surface area contributed by atoms with Gasteiger partial charge in [0.05, 0.1) is 11.8 Å². The summed E-state index contributed by atoms with van der Waals surface area (Å²) >= 11 is 0. The number of nitrogens with two attached hydrogens (primary N) is 1. The number of H-pyrrole nitrogens is 1. The van der Waals surface area contributed by atoms with Crippen LogP contribution in [-0.2, 0) is 22.3 Å². The summed E-state index contributed by atoms with van der Waals surface area (Å²) in [5.74, 6) is 0.156. The van der Waals surface area contributed by atoms with Gasteiger partial charge in [0.2, 0.25) is 10.0 Å². The number of hydrogen-bond donors (Lipinski definition) is 3. The Balaban J connectivity index is 2.11. The van der Waals surface area contributed by atoms with Gasteiger partial charge in [-0.15, -0.1) is 10.2 Å². The number of tetrazole rings is 1. The monoisotopic (exact) mass is 296 g/mol. The van der Waals surface area contributed by atoms with Crippen molar-refractivity contribution in [1.82, 2.24) is 25.3 Å². The zero-order valence-corrected chi connectivity index (χ0v) is 11.8. The van der Waals surface area contributed by atoms with Crippen molar-refractivity contribution in [2.45, 2.75) is 25.3 Å². The van der Waals surface area contributed by atoms with Crippen molar-refractivity contribution < 1.29 is 8.42 Å². The second-order valence-corrected chi connectivity index (χ2v) is 6.10. The van der Waals surface area contributed by atoms with Crippen molar-refractivity contribution in [2.75, 3.05) is 0 Å². The second-order valence-electron chi connectivity index (χ2n) is 4.34. The Kier molecular flexibility index (Phi) is 4.42. The Morgan fingerprint density at radius 1 is 1.35 bits per heavy atom. The van der Waals surface area contributed by atoms with Crippen molar-refractivity contribution in [3.63, 3.8) is 0 Å². The van der Waals surface area contributed by atoms with E-state index in [0.717, 1.165) is 5.56 Å². The van der Waals surface area contributed by atoms with Gasteiger partial charge in [-0.05, 0) is 18.1 Å². The molecule has 1 aromatic carbocycles. The topological polar surface area (TPSA) is 127 Å². The lowest BCUT2D eigenvalue weighted by atomic mass is 10.1. The zero-order valence-electron chi connectivity index (χ0n) is 10.9. The highest BCUT2D eigenvalue weighted by Crippen LogP contribution is 2.14. The lowest BCUT2D eigenvalue weighted by Gasteiger charge is -2.12. The van der Waals surface area contributed by atoms with Crippen LogP contribution in [0.5, 0.6) is 0 Å². The summed E-state index contributed by atoms with van der Waals surface area (Å²) in [7, 11) is -3.52. The second kappa shape index (κ2) is 6.07. The molecule has 8 nitrogen and oxygen atoms in total. The predicted octanol–water partition coefficient (Wildman–Crippen LogP) is -0.161. The third-order valence-corrected chi connectivity index (χ3v) is 4.19. The molecular weight excluding hydrogens is 280 g/mol. The molecular formula is C11H16N6O2S. The molecule has 4 N–H and O–H groups in total. The third kappa shape index (κ3) is 3.59. The SMILES string of the molecule is CC(NS(=O)(=O)Cc1ccccc1CN)c1nn[nH]n1. The first kappa shape index (κ1) is 14.6. The van der Waals surface area contributed by atoms with E-state index in [1.54, 1.807) is 19.1 Å². The summed E-state index contributed by atoms with van der Waals surface area (Å²) < 4.78 is 26.8. The average Bonchev–Trinajstić information content (AvgIpc) is 2.92. The van der Waals surface area contributed by atoms with Crippen LogP contribution < -0.4 is 10.5 Å². The molecule has 108 valence electrons. The van der Waals surface area contributed by atoms with Gasteiger partial charge in [0.15, 0.2) is 5.82 Å². The van der Waals surface area contributed by atoms with Gasteiger partial charge in [-0.2, -0.15) is 5.21 Å². The number of hydrogen-bond acceptors (Lipinski definition) is 6. The van der Waals surface area contributed by atoms with Crippen LogP contribution in [0.25, 0.3) is 0 Å². The van der Waals surface area contributed by atoms with Crippen molar-refractivity contribution in [1.29, 1.82) is 0 Å². The quantitative estimate of drug-likeness (QED) is 0.679. The molecule has 0 bridgehead atoms. The predicted molar refractivity (Wildman–Crippen MR) is 72.7 cm³/mol. The molecule has 0 spiro atoms. The first-order chi connectivity index (χ1) is 9.52. The van der Waals surface area contributed by atoms with Crippen LogP contribution in [0.3, 0.4) is 0 Å². The minimum Gasteiger partial charge on any atom is -0.326 e. The number of nitrogens with zero attached hydrogens (tertiary/aromatic N) is 3. The van der Waals surface area contributed by atoms with Gasteiger partial charge in [0.1, 0.15) is 0 Å². The van der Waals surface area contributed by atoms with Gasteiger partial charge < -0.3 is 5.73 Å². The van der Waals surface area contributed by atoms with Crippen LogP contribution >= 0.6 is 0 Å². The van der Waals surface area contributed by atoms with Crippen LogP contribution in [0.2, 0.25) is 0 Å². The first-order valence-corrected chi connectivity index (χ1v) is 7.67. The van der Waals surface area contributed by atoms with Crippen LogP contribution in [-0.4, -0.2) is 29.0 Å². The van der Waals surface area contributed by atoms with Gasteiger partial charge in [0.25, 0.3) is 0 Å². The minimum absolute atomic E-state index is 0.136. The van der Waals surface area contributed by atoms with E-state index in [1.165, 1.54) is 0 Å². The molecule has 1 heterocycles. The fraction of sp³-hybridized carbons (Fsp3) is 0.364. The summed E-state index contributed by atoms with van der Waals surface area (Å²) in [5, 5.41) is 13.2. The fourth-order valence-corrected chi connectivity index (χ4v) is 3.24. The smallest absolute Gasteiger partial charge is 0.216 e. The Labute approximate surface area is 116 Å². The molecule has 0 radical (unpaired) electrons. The van der Waals surface area contributed by atoms with Crippen molar-refractivity contribution in [3.05, 3.63) is 41.2 Å². The van der Waals surface area contributed by atoms with E-state index in [1.807, 2.05) is 12.1 Å².